The number of hydrogen-bond acceptors (Lipinski definition) is 4. The van der Waals surface area contributed by atoms with Crippen molar-refractivity contribution in [1.29, 1.82) is 0 Å². The first kappa shape index (κ1) is 26.8. The minimum Gasteiger partial charge on any atom is -0.489 e. The zero-order chi connectivity index (χ0) is 27.0. The van der Waals surface area contributed by atoms with Crippen molar-refractivity contribution in [2.24, 2.45) is 5.92 Å². The number of alkyl halides is 6. The van der Waals surface area contributed by atoms with E-state index >= 15 is 0 Å². The van der Waals surface area contributed by atoms with E-state index in [0.717, 1.165) is 18.1 Å². The standard InChI is InChI=1S/C25H22F7NO4/c26-21-8-18(36-13-16-3-4-17(24(27,28)29)7-20(16)25(30,31)32)9-22-19(21)6-14(12-37-22)10-33-5-1-2-15(11-33)23(34)35/h3-4,6-9,15H,1-2,5,10-13H2,(H,34,35). The van der Waals surface area contributed by atoms with Gasteiger partial charge in [-0.1, -0.05) is 6.07 Å². The van der Waals surface area contributed by atoms with Crippen molar-refractivity contribution >= 4 is 12.0 Å². The van der Waals surface area contributed by atoms with Crippen LogP contribution in [-0.2, 0) is 23.8 Å². The number of rotatable bonds is 6. The highest BCUT2D eigenvalue weighted by molar-refractivity contribution is 5.70. The highest BCUT2D eigenvalue weighted by Crippen LogP contribution is 2.38. The Morgan fingerprint density at radius 2 is 1.86 bits per heavy atom. The topological polar surface area (TPSA) is 59.0 Å². The summed E-state index contributed by atoms with van der Waals surface area (Å²) in [6, 6.07) is 3.48. The number of fused-ring (bicyclic) bond motifs is 1. The molecule has 0 radical (unpaired) electrons. The fraction of sp³-hybridized carbons (Fsp3) is 0.400. The molecule has 2 aliphatic heterocycles. The first-order valence-electron chi connectivity index (χ1n) is 11.3. The molecule has 1 unspecified atom stereocenters. The van der Waals surface area contributed by atoms with Gasteiger partial charge in [0.05, 0.1) is 22.6 Å². The van der Waals surface area contributed by atoms with Gasteiger partial charge in [0.25, 0.3) is 0 Å². The molecule has 0 bridgehead atoms. The molecule has 37 heavy (non-hydrogen) atoms. The lowest BCUT2D eigenvalue weighted by atomic mass is 9.97. The number of carboxylic acids is 1. The number of ether oxygens (including phenoxy) is 2. The van der Waals surface area contributed by atoms with Crippen LogP contribution in [0, 0.1) is 11.7 Å². The predicted molar refractivity (Wildman–Crippen MR) is 117 cm³/mol. The first-order chi connectivity index (χ1) is 17.3. The molecule has 0 aromatic heterocycles. The summed E-state index contributed by atoms with van der Waals surface area (Å²) < 4.78 is 104. The van der Waals surface area contributed by atoms with E-state index in [9.17, 15) is 40.6 Å². The molecular formula is C25H22F7NO4. The molecular weight excluding hydrogens is 511 g/mol. The van der Waals surface area contributed by atoms with Crippen LogP contribution < -0.4 is 9.47 Å². The Morgan fingerprint density at radius 1 is 1.11 bits per heavy atom. The Hall–Kier alpha value is -3.28. The Labute approximate surface area is 207 Å². The number of aliphatic carboxylic acids is 1. The monoisotopic (exact) mass is 533 g/mol. The third kappa shape index (κ3) is 6.35. The number of halogens is 7. The minimum atomic E-state index is -5.05. The highest BCUT2D eigenvalue weighted by Gasteiger charge is 2.38. The number of likely N-dealkylation sites (tertiary alicyclic amines) is 1. The fourth-order valence-corrected chi connectivity index (χ4v) is 4.41. The molecule has 1 saturated heterocycles. The van der Waals surface area contributed by atoms with Gasteiger partial charge in [-0.3, -0.25) is 9.69 Å². The van der Waals surface area contributed by atoms with Crippen LogP contribution in [-0.4, -0.2) is 42.2 Å². The third-order valence-corrected chi connectivity index (χ3v) is 6.25. The van der Waals surface area contributed by atoms with Gasteiger partial charge in [-0.25, -0.2) is 4.39 Å². The van der Waals surface area contributed by atoms with Crippen molar-refractivity contribution in [1.82, 2.24) is 4.90 Å². The van der Waals surface area contributed by atoms with E-state index < -0.39 is 53.4 Å². The molecule has 0 aliphatic carbocycles. The summed E-state index contributed by atoms with van der Waals surface area (Å²) in [5.74, 6) is -2.13. The maximum atomic E-state index is 14.8. The third-order valence-electron chi connectivity index (χ3n) is 6.25. The van der Waals surface area contributed by atoms with E-state index in [1.807, 2.05) is 4.90 Å². The molecule has 200 valence electrons. The molecule has 0 saturated carbocycles. The van der Waals surface area contributed by atoms with Gasteiger partial charge in [0.15, 0.2) is 0 Å². The first-order valence-corrected chi connectivity index (χ1v) is 11.3. The lowest BCUT2D eigenvalue weighted by Gasteiger charge is -2.32. The van der Waals surface area contributed by atoms with E-state index in [0.29, 0.717) is 38.2 Å². The number of carboxylic acid groups (broad SMARTS) is 1. The van der Waals surface area contributed by atoms with Crippen LogP contribution in [0.25, 0.3) is 6.08 Å². The van der Waals surface area contributed by atoms with Crippen molar-refractivity contribution < 1.29 is 50.1 Å². The van der Waals surface area contributed by atoms with E-state index in [2.05, 4.69) is 0 Å². The van der Waals surface area contributed by atoms with Crippen molar-refractivity contribution in [3.8, 4) is 11.5 Å². The number of carbonyl (C=O) groups is 1. The van der Waals surface area contributed by atoms with E-state index in [4.69, 9.17) is 9.47 Å². The molecule has 2 aromatic carbocycles. The van der Waals surface area contributed by atoms with Crippen LogP contribution in [0.3, 0.4) is 0 Å². The normalized spacial score (nSPS) is 18.6. The Bertz CT molecular complexity index is 1210. The number of piperidine rings is 1. The number of benzene rings is 2. The Kier molecular flexibility index (Phi) is 7.40. The second-order valence-electron chi connectivity index (χ2n) is 8.98. The molecule has 12 heteroatoms. The van der Waals surface area contributed by atoms with Crippen molar-refractivity contribution in [3.05, 3.63) is 64.0 Å². The van der Waals surface area contributed by atoms with Gasteiger partial charge < -0.3 is 14.6 Å². The largest absolute Gasteiger partial charge is 0.489 e. The van der Waals surface area contributed by atoms with Crippen LogP contribution in [0.2, 0.25) is 0 Å². The van der Waals surface area contributed by atoms with Crippen molar-refractivity contribution in [2.45, 2.75) is 31.8 Å². The van der Waals surface area contributed by atoms with Crippen LogP contribution in [0.1, 0.15) is 35.1 Å². The van der Waals surface area contributed by atoms with E-state index in [1.54, 1.807) is 6.08 Å². The van der Waals surface area contributed by atoms with Gasteiger partial charge >= 0.3 is 18.3 Å². The summed E-state index contributed by atoms with van der Waals surface area (Å²) in [6.45, 7) is 0.827. The molecule has 5 nitrogen and oxygen atoms in total. The van der Waals surface area contributed by atoms with E-state index in [1.165, 1.54) is 6.07 Å². The van der Waals surface area contributed by atoms with Gasteiger partial charge in [0, 0.05) is 30.8 Å². The van der Waals surface area contributed by atoms with Crippen LogP contribution in [0.4, 0.5) is 30.7 Å². The molecule has 1 fully saturated rings. The zero-order valence-electron chi connectivity index (χ0n) is 19.3. The fourth-order valence-electron chi connectivity index (χ4n) is 4.41. The second-order valence-corrected chi connectivity index (χ2v) is 8.98. The van der Waals surface area contributed by atoms with Crippen molar-refractivity contribution in [2.75, 3.05) is 26.2 Å². The molecule has 1 atom stereocenters. The molecule has 1 N–H and O–H groups in total. The van der Waals surface area contributed by atoms with Gasteiger partial charge in [-0.15, -0.1) is 0 Å². The zero-order valence-corrected chi connectivity index (χ0v) is 19.3. The smallest absolute Gasteiger partial charge is 0.416 e. The van der Waals surface area contributed by atoms with Crippen molar-refractivity contribution in [3.63, 3.8) is 0 Å². The maximum Gasteiger partial charge on any atom is 0.416 e. The second kappa shape index (κ2) is 10.2. The SMILES string of the molecule is O=C(O)C1CCCN(CC2=Cc3c(F)cc(OCc4ccc(C(F)(F)F)cc4C(F)(F)F)cc3OC2)C1. The Balaban J connectivity index is 1.48. The molecule has 2 heterocycles. The highest BCUT2D eigenvalue weighted by atomic mass is 19.4. The molecule has 0 spiro atoms. The van der Waals surface area contributed by atoms with Gasteiger partial charge in [-0.2, -0.15) is 26.3 Å². The molecule has 2 aliphatic rings. The quantitative estimate of drug-likeness (QED) is 0.461. The molecule has 4 rings (SSSR count). The van der Waals surface area contributed by atoms with Crippen LogP contribution in [0.15, 0.2) is 35.9 Å². The summed E-state index contributed by atoms with van der Waals surface area (Å²) in [5, 5.41) is 9.24. The summed E-state index contributed by atoms with van der Waals surface area (Å²) in [6.07, 6.45) is -7.09. The molecule has 0 amide bonds. The lowest BCUT2D eigenvalue weighted by molar-refractivity contribution is -0.144. The van der Waals surface area contributed by atoms with Crippen LogP contribution >= 0.6 is 0 Å². The molecule has 2 aromatic rings. The van der Waals surface area contributed by atoms with E-state index in [-0.39, 0.29) is 29.7 Å². The number of nitrogens with zero attached hydrogens (tertiary/aromatic N) is 1. The lowest BCUT2D eigenvalue weighted by Crippen LogP contribution is -2.40. The maximum absolute atomic E-state index is 14.8. The van der Waals surface area contributed by atoms with Crippen LogP contribution in [0.5, 0.6) is 11.5 Å². The summed E-state index contributed by atoms with van der Waals surface area (Å²) >= 11 is 0. The summed E-state index contributed by atoms with van der Waals surface area (Å²) in [4.78, 5) is 13.2. The number of hydrogen-bond donors (Lipinski definition) is 1. The van der Waals surface area contributed by atoms with Gasteiger partial charge in [-0.05, 0) is 43.2 Å². The Morgan fingerprint density at radius 3 is 2.54 bits per heavy atom. The van der Waals surface area contributed by atoms with Gasteiger partial charge in [0.2, 0.25) is 0 Å². The predicted octanol–water partition coefficient (Wildman–Crippen LogP) is 6.01. The summed E-state index contributed by atoms with van der Waals surface area (Å²) in [5.41, 5.74) is -2.63. The summed E-state index contributed by atoms with van der Waals surface area (Å²) in [7, 11) is 0. The average Bonchev–Trinajstić information content (AvgIpc) is 2.82. The minimum absolute atomic E-state index is 0.0164. The van der Waals surface area contributed by atoms with Gasteiger partial charge in [0.1, 0.15) is 30.5 Å². The average molecular weight is 533 g/mol.